The fraction of sp³-hybridized carbons (Fsp3) is 0.917. The summed E-state index contributed by atoms with van der Waals surface area (Å²) in [5, 5.41) is 10.4. The first-order chi connectivity index (χ1) is 13.0. The van der Waals surface area contributed by atoms with Crippen molar-refractivity contribution in [1.29, 1.82) is 0 Å². The summed E-state index contributed by atoms with van der Waals surface area (Å²) in [4.78, 5) is 0. The summed E-state index contributed by atoms with van der Waals surface area (Å²) in [5.74, 6) is 3.65. The number of ether oxygens (including phenoxy) is 2. The van der Waals surface area contributed by atoms with Gasteiger partial charge in [0.05, 0.1) is 12.2 Å². The van der Waals surface area contributed by atoms with E-state index in [0.29, 0.717) is 24.2 Å². The zero-order valence-corrected chi connectivity index (χ0v) is 17.7. The van der Waals surface area contributed by atoms with Gasteiger partial charge in [0.1, 0.15) is 6.79 Å². The van der Waals surface area contributed by atoms with Crippen LogP contribution in [-0.4, -0.2) is 31.2 Å². The van der Waals surface area contributed by atoms with Crippen LogP contribution in [0.5, 0.6) is 0 Å². The third kappa shape index (κ3) is 3.04. The van der Waals surface area contributed by atoms with Gasteiger partial charge in [0, 0.05) is 7.11 Å². The first kappa shape index (κ1) is 19.9. The second-order valence-corrected chi connectivity index (χ2v) is 10.4. The molecule has 4 aliphatic rings. The zero-order chi connectivity index (χ0) is 19.2. The van der Waals surface area contributed by atoms with E-state index >= 15 is 0 Å². The van der Waals surface area contributed by atoms with Gasteiger partial charge in [0.15, 0.2) is 0 Å². The quantitative estimate of drug-likeness (QED) is 0.531. The molecule has 4 rings (SSSR count). The Morgan fingerprint density at radius 3 is 2.63 bits per heavy atom. The second kappa shape index (κ2) is 7.46. The molecule has 4 saturated carbocycles. The highest BCUT2D eigenvalue weighted by atomic mass is 16.7. The maximum atomic E-state index is 10.4. The Labute approximate surface area is 165 Å². The van der Waals surface area contributed by atoms with Crippen LogP contribution in [0.25, 0.3) is 0 Å². The average Bonchev–Trinajstić information content (AvgIpc) is 3.06. The van der Waals surface area contributed by atoms with Crippen LogP contribution >= 0.6 is 0 Å². The molecule has 0 saturated heterocycles. The Kier molecular flexibility index (Phi) is 5.50. The lowest BCUT2D eigenvalue weighted by Gasteiger charge is -2.61. The number of hydrogen-bond donors (Lipinski definition) is 1. The van der Waals surface area contributed by atoms with Crippen LogP contribution < -0.4 is 0 Å². The van der Waals surface area contributed by atoms with Gasteiger partial charge in [-0.25, -0.2) is 0 Å². The number of allylic oxidation sites excluding steroid dienone is 1. The van der Waals surface area contributed by atoms with Crippen LogP contribution in [0.4, 0.5) is 0 Å². The number of aliphatic hydroxyl groups excluding tert-OH is 1. The monoisotopic (exact) mass is 376 g/mol. The van der Waals surface area contributed by atoms with Crippen molar-refractivity contribution < 1.29 is 14.6 Å². The third-order valence-electron chi connectivity index (χ3n) is 9.66. The van der Waals surface area contributed by atoms with Crippen LogP contribution in [0.15, 0.2) is 12.7 Å². The Hall–Kier alpha value is -0.380. The summed E-state index contributed by atoms with van der Waals surface area (Å²) in [6.07, 6.45) is 13.9. The van der Waals surface area contributed by atoms with Gasteiger partial charge in [-0.1, -0.05) is 13.0 Å². The van der Waals surface area contributed by atoms with Crippen LogP contribution in [0.3, 0.4) is 0 Å². The molecular formula is C24H40O3. The Balaban J connectivity index is 1.53. The van der Waals surface area contributed by atoms with Crippen LogP contribution in [0, 0.1) is 40.4 Å². The molecule has 0 aliphatic heterocycles. The summed E-state index contributed by atoms with van der Waals surface area (Å²) < 4.78 is 11.1. The SMILES string of the molecule is C=C[C@]12CC[C@H]3[C@@H](CC[C@H]4C[C@H](OCOC)CC[C@@]43C)[C@@H]1CCC2C(C)O. The first-order valence-electron chi connectivity index (χ1n) is 11.4. The predicted octanol–water partition coefficient (Wildman–Crippen LogP) is 5.18. The topological polar surface area (TPSA) is 38.7 Å². The summed E-state index contributed by atoms with van der Waals surface area (Å²) in [7, 11) is 1.72. The van der Waals surface area contributed by atoms with Crippen LogP contribution in [0.2, 0.25) is 0 Å². The standard InChI is InChI=1S/C24H40O3/c1-5-24-13-11-21-19(22(24)9-8-20(24)16(2)25)7-6-17-14-18(27-15-26-4)10-12-23(17,21)3/h5,16-22,25H,1,6-15H2,2-4H3/t16?,17-,18+,19+,20?,21-,22-,23-,24+/m0/s1. The maximum absolute atomic E-state index is 10.4. The van der Waals surface area contributed by atoms with Gasteiger partial charge in [-0.05, 0) is 105 Å². The number of hydrogen-bond acceptors (Lipinski definition) is 3. The molecule has 0 amide bonds. The van der Waals surface area contributed by atoms with E-state index in [2.05, 4.69) is 19.6 Å². The highest BCUT2D eigenvalue weighted by Crippen LogP contribution is 2.68. The smallest absolute Gasteiger partial charge is 0.146 e. The van der Waals surface area contributed by atoms with Crippen molar-refractivity contribution in [3.05, 3.63) is 12.7 Å². The lowest BCUT2D eigenvalue weighted by Crippen LogP contribution is -2.54. The fourth-order valence-electron chi connectivity index (χ4n) is 8.40. The molecular weight excluding hydrogens is 336 g/mol. The maximum Gasteiger partial charge on any atom is 0.146 e. The molecule has 0 bridgehead atoms. The minimum absolute atomic E-state index is 0.192. The van der Waals surface area contributed by atoms with E-state index in [9.17, 15) is 5.11 Å². The van der Waals surface area contributed by atoms with E-state index in [1.54, 1.807) is 7.11 Å². The van der Waals surface area contributed by atoms with Crippen molar-refractivity contribution in [3.8, 4) is 0 Å². The van der Waals surface area contributed by atoms with E-state index in [4.69, 9.17) is 9.47 Å². The molecule has 0 spiro atoms. The number of aliphatic hydroxyl groups is 1. The van der Waals surface area contributed by atoms with Crippen molar-refractivity contribution in [1.82, 2.24) is 0 Å². The molecule has 4 aliphatic carbocycles. The van der Waals surface area contributed by atoms with E-state index in [1.165, 1.54) is 57.8 Å². The number of fused-ring (bicyclic) bond motifs is 5. The van der Waals surface area contributed by atoms with Crippen molar-refractivity contribution >= 4 is 0 Å². The summed E-state index contributed by atoms with van der Waals surface area (Å²) in [6, 6.07) is 0. The van der Waals surface area contributed by atoms with E-state index in [1.807, 2.05) is 6.92 Å². The van der Waals surface area contributed by atoms with E-state index in [0.717, 1.165) is 23.7 Å². The second-order valence-electron chi connectivity index (χ2n) is 10.4. The predicted molar refractivity (Wildman–Crippen MR) is 108 cm³/mol. The van der Waals surface area contributed by atoms with Crippen molar-refractivity contribution in [2.45, 2.75) is 83.8 Å². The third-order valence-corrected chi connectivity index (χ3v) is 9.66. The minimum Gasteiger partial charge on any atom is -0.393 e. The average molecular weight is 377 g/mol. The molecule has 9 atom stereocenters. The molecule has 0 aromatic carbocycles. The van der Waals surface area contributed by atoms with E-state index < -0.39 is 0 Å². The van der Waals surface area contributed by atoms with Crippen LogP contribution in [0.1, 0.15) is 71.6 Å². The van der Waals surface area contributed by atoms with Crippen LogP contribution in [-0.2, 0) is 9.47 Å². The Morgan fingerprint density at radius 2 is 1.93 bits per heavy atom. The molecule has 1 N–H and O–H groups in total. The fourth-order valence-corrected chi connectivity index (χ4v) is 8.40. The van der Waals surface area contributed by atoms with Gasteiger partial charge in [-0.15, -0.1) is 6.58 Å². The number of rotatable bonds is 5. The van der Waals surface area contributed by atoms with E-state index in [-0.39, 0.29) is 11.5 Å². The lowest BCUT2D eigenvalue weighted by atomic mass is 9.44. The van der Waals surface area contributed by atoms with Gasteiger partial charge >= 0.3 is 0 Å². The number of methoxy groups -OCH3 is 1. The minimum atomic E-state index is -0.204. The van der Waals surface area contributed by atoms with Gasteiger partial charge in [-0.3, -0.25) is 0 Å². The molecule has 154 valence electrons. The zero-order valence-electron chi connectivity index (χ0n) is 17.7. The summed E-state index contributed by atoms with van der Waals surface area (Å²) >= 11 is 0. The summed E-state index contributed by atoms with van der Waals surface area (Å²) in [6.45, 7) is 9.33. The normalized spacial score (nSPS) is 50.4. The van der Waals surface area contributed by atoms with Crippen molar-refractivity contribution in [3.63, 3.8) is 0 Å². The largest absolute Gasteiger partial charge is 0.393 e. The molecule has 3 heteroatoms. The molecule has 0 aromatic rings. The van der Waals surface area contributed by atoms with Gasteiger partial charge < -0.3 is 14.6 Å². The van der Waals surface area contributed by atoms with Gasteiger partial charge in [-0.2, -0.15) is 0 Å². The molecule has 27 heavy (non-hydrogen) atoms. The molecule has 4 fully saturated rings. The van der Waals surface area contributed by atoms with Crippen molar-refractivity contribution in [2.75, 3.05) is 13.9 Å². The molecule has 0 aromatic heterocycles. The highest BCUT2D eigenvalue weighted by molar-refractivity contribution is 5.16. The molecule has 0 heterocycles. The molecule has 2 unspecified atom stereocenters. The summed E-state index contributed by atoms with van der Waals surface area (Å²) in [5.41, 5.74) is 0.670. The molecule has 0 radical (unpaired) electrons. The van der Waals surface area contributed by atoms with Crippen molar-refractivity contribution in [2.24, 2.45) is 40.4 Å². The highest BCUT2D eigenvalue weighted by Gasteiger charge is 2.61. The lowest BCUT2D eigenvalue weighted by molar-refractivity contribution is -0.151. The van der Waals surface area contributed by atoms with Gasteiger partial charge in [0.2, 0.25) is 0 Å². The Morgan fingerprint density at radius 1 is 1.11 bits per heavy atom. The Bertz CT molecular complexity index is 546. The molecule has 3 nitrogen and oxygen atoms in total. The first-order valence-corrected chi connectivity index (χ1v) is 11.4. The van der Waals surface area contributed by atoms with Gasteiger partial charge in [0.25, 0.3) is 0 Å².